The van der Waals surface area contributed by atoms with Crippen molar-refractivity contribution in [1.82, 2.24) is 14.9 Å². The van der Waals surface area contributed by atoms with Crippen molar-refractivity contribution in [3.8, 4) is 0 Å². The number of hydrogen-bond donors (Lipinski definition) is 1. The summed E-state index contributed by atoms with van der Waals surface area (Å²) in [6.07, 6.45) is 5.31. The minimum absolute atomic E-state index is 0.332. The Hall–Kier alpha value is -3.09. The Morgan fingerprint density at radius 1 is 1.13 bits per heavy atom. The summed E-state index contributed by atoms with van der Waals surface area (Å²) in [5, 5.41) is 11.1. The summed E-state index contributed by atoms with van der Waals surface area (Å²) in [4.78, 5) is 21.8. The average molecular weight is 405 g/mol. The van der Waals surface area contributed by atoms with Crippen molar-refractivity contribution in [2.24, 2.45) is 0 Å². The number of methoxy groups -OCH3 is 1. The monoisotopic (exact) mass is 405 g/mol. The molecule has 0 bridgehead atoms. The number of benzene rings is 1. The Balaban J connectivity index is 1.89. The van der Waals surface area contributed by atoms with Crippen molar-refractivity contribution in [1.29, 1.82) is 0 Å². The Labute approximate surface area is 177 Å². The van der Waals surface area contributed by atoms with Gasteiger partial charge in [0.2, 0.25) is 6.41 Å². The number of aromatic nitrogens is 2. The molecule has 1 N–H and O–H groups in total. The highest BCUT2D eigenvalue weighted by molar-refractivity contribution is 5.50. The highest BCUT2D eigenvalue weighted by atomic mass is 16.5. The van der Waals surface area contributed by atoms with E-state index in [1.807, 2.05) is 44.2 Å². The van der Waals surface area contributed by atoms with E-state index in [1.54, 1.807) is 49.7 Å². The van der Waals surface area contributed by atoms with Gasteiger partial charge in [-0.15, -0.1) is 0 Å². The number of pyridine rings is 2. The molecule has 3 rings (SSSR count). The summed E-state index contributed by atoms with van der Waals surface area (Å²) in [5.41, 5.74) is 3.96. The topological polar surface area (TPSA) is 75.6 Å². The van der Waals surface area contributed by atoms with Crippen molar-refractivity contribution in [2.75, 3.05) is 7.11 Å². The number of ether oxygens (including phenoxy) is 1. The van der Waals surface area contributed by atoms with E-state index >= 15 is 0 Å². The second kappa shape index (κ2) is 9.15. The van der Waals surface area contributed by atoms with E-state index in [4.69, 9.17) is 4.74 Å². The lowest BCUT2D eigenvalue weighted by molar-refractivity contribution is -0.132. The van der Waals surface area contributed by atoms with Gasteiger partial charge in [-0.05, 0) is 61.2 Å². The fraction of sp³-hybridized carbons (Fsp3) is 0.292. The number of carbonyl (C=O) groups excluding carboxylic acids is 1. The first-order chi connectivity index (χ1) is 14.4. The molecular weight excluding hydrogens is 378 g/mol. The predicted octanol–water partition coefficient (Wildman–Crippen LogP) is 3.65. The van der Waals surface area contributed by atoms with Gasteiger partial charge >= 0.3 is 0 Å². The molecule has 0 aliphatic carbocycles. The van der Waals surface area contributed by atoms with E-state index in [1.165, 1.54) is 0 Å². The molecule has 156 valence electrons. The summed E-state index contributed by atoms with van der Waals surface area (Å²) in [7, 11) is 1.57. The third kappa shape index (κ3) is 4.56. The zero-order valence-electron chi connectivity index (χ0n) is 17.7. The number of rotatable bonds is 8. The van der Waals surface area contributed by atoms with Gasteiger partial charge in [0.25, 0.3) is 0 Å². The number of aliphatic hydroxyl groups is 1. The first-order valence-electron chi connectivity index (χ1n) is 9.76. The zero-order valence-corrected chi connectivity index (χ0v) is 17.7. The lowest BCUT2D eigenvalue weighted by Crippen LogP contribution is -2.30. The van der Waals surface area contributed by atoms with E-state index in [0.29, 0.717) is 6.54 Å². The van der Waals surface area contributed by atoms with Crippen LogP contribution in [0.2, 0.25) is 0 Å². The van der Waals surface area contributed by atoms with Gasteiger partial charge in [-0.3, -0.25) is 14.8 Å². The minimum Gasteiger partial charge on any atom is -0.381 e. The van der Waals surface area contributed by atoms with E-state index in [9.17, 15) is 9.90 Å². The van der Waals surface area contributed by atoms with Gasteiger partial charge in [0.05, 0.1) is 12.2 Å². The van der Waals surface area contributed by atoms with Crippen LogP contribution >= 0.6 is 0 Å². The van der Waals surface area contributed by atoms with Crippen LogP contribution < -0.4 is 0 Å². The van der Waals surface area contributed by atoms with E-state index < -0.39 is 11.8 Å². The number of aryl methyl sites for hydroxylation is 2. The quantitative estimate of drug-likeness (QED) is 0.457. The Kier molecular flexibility index (Phi) is 6.59. The lowest BCUT2D eigenvalue weighted by Gasteiger charge is -2.30. The van der Waals surface area contributed by atoms with Crippen molar-refractivity contribution >= 4 is 6.41 Å². The van der Waals surface area contributed by atoms with Gasteiger partial charge in [-0.1, -0.05) is 24.3 Å². The third-order valence-corrected chi connectivity index (χ3v) is 5.32. The summed E-state index contributed by atoms with van der Waals surface area (Å²) in [6.45, 7) is 6.00. The maximum atomic E-state index is 11.8. The van der Waals surface area contributed by atoms with Crippen LogP contribution in [0.15, 0.2) is 61.1 Å². The molecule has 0 saturated carbocycles. The molecule has 6 nitrogen and oxygen atoms in total. The molecule has 30 heavy (non-hydrogen) atoms. The SMILES string of the molecule is COC(c1ccc(C(C)(O)c2ccncc2)cc1C)N(C=O)Cc1ccc(C)cn1. The van der Waals surface area contributed by atoms with Crippen LogP contribution in [-0.4, -0.2) is 33.5 Å². The second-order valence-electron chi connectivity index (χ2n) is 7.57. The van der Waals surface area contributed by atoms with Crippen molar-refractivity contribution < 1.29 is 14.6 Å². The summed E-state index contributed by atoms with van der Waals surface area (Å²) >= 11 is 0. The fourth-order valence-corrected chi connectivity index (χ4v) is 3.49. The summed E-state index contributed by atoms with van der Waals surface area (Å²) in [5.74, 6) is 0. The van der Waals surface area contributed by atoms with Crippen LogP contribution in [0.1, 0.15) is 46.7 Å². The molecule has 2 atom stereocenters. The van der Waals surface area contributed by atoms with Gasteiger partial charge in [0.1, 0.15) is 5.60 Å². The number of hydrogen-bond acceptors (Lipinski definition) is 5. The number of nitrogens with zero attached hydrogens (tertiary/aromatic N) is 3. The summed E-state index contributed by atoms with van der Waals surface area (Å²) in [6, 6.07) is 13.1. The molecule has 0 spiro atoms. The van der Waals surface area contributed by atoms with Gasteiger partial charge in [-0.2, -0.15) is 0 Å². The Morgan fingerprint density at radius 3 is 2.43 bits per heavy atom. The molecule has 6 heteroatoms. The number of amides is 1. The number of carbonyl (C=O) groups is 1. The molecule has 1 aromatic carbocycles. The van der Waals surface area contributed by atoms with Crippen molar-refractivity contribution in [2.45, 2.75) is 39.1 Å². The van der Waals surface area contributed by atoms with E-state index in [2.05, 4.69) is 9.97 Å². The van der Waals surface area contributed by atoms with Crippen LogP contribution in [0.25, 0.3) is 0 Å². The van der Waals surface area contributed by atoms with Crippen LogP contribution in [0.3, 0.4) is 0 Å². The molecule has 0 aliphatic rings. The summed E-state index contributed by atoms with van der Waals surface area (Å²) < 4.78 is 5.67. The smallest absolute Gasteiger partial charge is 0.212 e. The molecule has 0 fully saturated rings. The van der Waals surface area contributed by atoms with Crippen LogP contribution in [0.4, 0.5) is 0 Å². The largest absolute Gasteiger partial charge is 0.381 e. The predicted molar refractivity (Wildman–Crippen MR) is 114 cm³/mol. The highest BCUT2D eigenvalue weighted by Gasteiger charge is 2.28. The van der Waals surface area contributed by atoms with Gasteiger partial charge in [0.15, 0.2) is 6.23 Å². The van der Waals surface area contributed by atoms with E-state index in [-0.39, 0.29) is 0 Å². The van der Waals surface area contributed by atoms with Gasteiger partial charge in [0, 0.05) is 31.3 Å². The Morgan fingerprint density at radius 2 is 1.87 bits per heavy atom. The first-order valence-corrected chi connectivity index (χ1v) is 9.76. The van der Waals surface area contributed by atoms with Crippen molar-refractivity contribution in [3.05, 3.63) is 94.6 Å². The average Bonchev–Trinajstić information content (AvgIpc) is 2.76. The van der Waals surface area contributed by atoms with Gasteiger partial charge in [-0.25, -0.2) is 0 Å². The lowest BCUT2D eigenvalue weighted by atomic mass is 9.87. The van der Waals surface area contributed by atoms with E-state index in [0.717, 1.165) is 39.9 Å². The molecule has 2 unspecified atom stereocenters. The standard InChI is InChI=1S/C24H27N3O3/c1-17-5-7-21(26-14-17)15-27(16-28)23(30-4)22-8-6-20(13-18(22)2)24(3,29)19-9-11-25-12-10-19/h5-14,16,23,29H,15H2,1-4H3. The highest BCUT2D eigenvalue weighted by Crippen LogP contribution is 2.32. The van der Waals surface area contributed by atoms with Crippen LogP contribution in [0.5, 0.6) is 0 Å². The minimum atomic E-state index is -1.16. The molecule has 0 radical (unpaired) electrons. The first kappa shape index (κ1) is 21.6. The molecule has 0 saturated heterocycles. The molecular formula is C24H27N3O3. The van der Waals surface area contributed by atoms with Crippen molar-refractivity contribution in [3.63, 3.8) is 0 Å². The van der Waals surface area contributed by atoms with Gasteiger partial charge < -0.3 is 14.7 Å². The zero-order chi connectivity index (χ0) is 21.7. The maximum Gasteiger partial charge on any atom is 0.212 e. The van der Waals surface area contributed by atoms with Crippen LogP contribution in [-0.2, 0) is 21.7 Å². The molecule has 2 aromatic heterocycles. The maximum absolute atomic E-state index is 11.8. The Bertz CT molecular complexity index is 988. The van der Waals surface area contributed by atoms with Crippen LogP contribution in [0, 0.1) is 13.8 Å². The molecule has 1 amide bonds. The third-order valence-electron chi connectivity index (χ3n) is 5.32. The second-order valence-corrected chi connectivity index (χ2v) is 7.57. The molecule has 0 aliphatic heterocycles. The fourth-order valence-electron chi connectivity index (χ4n) is 3.49. The molecule has 3 aromatic rings. The molecule has 2 heterocycles. The normalized spacial score (nSPS) is 14.0.